The molecule has 1 atom stereocenters. The van der Waals surface area contributed by atoms with E-state index in [9.17, 15) is 4.79 Å². The maximum atomic E-state index is 13.0. The summed E-state index contributed by atoms with van der Waals surface area (Å²) in [6.45, 7) is 2.63. The number of imidazole rings is 1. The molecule has 1 fully saturated rings. The fourth-order valence-corrected chi connectivity index (χ4v) is 3.27. The van der Waals surface area contributed by atoms with E-state index in [2.05, 4.69) is 20.6 Å². The van der Waals surface area contributed by atoms with Crippen molar-refractivity contribution in [3.05, 3.63) is 66.0 Å². The minimum Gasteiger partial charge on any atom is -0.336 e. The number of nitrogens with zero attached hydrogens (tertiary/aromatic N) is 6. The molecule has 8 heteroatoms. The summed E-state index contributed by atoms with van der Waals surface area (Å²) < 4.78 is 3.64. The quantitative estimate of drug-likeness (QED) is 0.754. The number of rotatable bonds is 4. The summed E-state index contributed by atoms with van der Waals surface area (Å²) >= 11 is 0. The zero-order valence-corrected chi connectivity index (χ0v) is 14.6. The highest BCUT2D eigenvalue weighted by Gasteiger charge is 2.32. The molecule has 1 saturated heterocycles. The van der Waals surface area contributed by atoms with Crippen molar-refractivity contribution >= 4 is 5.91 Å². The lowest BCUT2D eigenvalue weighted by Gasteiger charge is -2.35. The Morgan fingerprint density at radius 3 is 2.92 bits per heavy atom. The van der Waals surface area contributed by atoms with E-state index in [0.717, 1.165) is 17.9 Å². The molecule has 8 nitrogen and oxygen atoms in total. The summed E-state index contributed by atoms with van der Waals surface area (Å²) in [5.74, 6) is 0.751. The van der Waals surface area contributed by atoms with Crippen LogP contribution in [0.5, 0.6) is 0 Å². The number of aryl methyl sites for hydroxylation is 1. The van der Waals surface area contributed by atoms with E-state index in [1.165, 1.54) is 0 Å². The molecule has 0 radical (unpaired) electrons. The molecule has 26 heavy (non-hydrogen) atoms. The monoisotopic (exact) mass is 351 g/mol. The second-order valence-corrected chi connectivity index (χ2v) is 6.40. The third kappa shape index (κ3) is 3.23. The third-order valence-electron chi connectivity index (χ3n) is 4.61. The number of hydrogen-bond acceptors (Lipinski definition) is 5. The molecule has 134 valence electrons. The van der Waals surface area contributed by atoms with E-state index < -0.39 is 0 Å². The number of carbonyl (C=O) groups excluding carboxylic acids is 1. The number of piperazine rings is 1. The van der Waals surface area contributed by atoms with Crippen molar-refractivity contribution in [2.75, 3.05) is 19.6 Å². The smallest absolute Gasteiger partial charge is 0.276 e. The molecule has 1 aliphatic heterocycles. The van der Waals surface area contributed by atoms with Crippen LogP contribution in [0, 0.1) is 0 Å². The number of hydrogen-bond donors (Lipinski definition) is 1. The molecule has 1 N–H and O–H groups in total. The Morgan fingerprint density at radius 2 is 2.15 bits per heavy atom. The first-order chi connectivity index (χ1) is 12.7. The van der Waals surface area contributed by atoms with Crippen molar-refractivity contribution in [3.8, 4) is 0 Å². The van der Waals surface area contributed by atoms with Gasteiger partial charge in [-0.3, -0.25) is 4.79 Å². The van der Waals surface area contributed by atoms with Gasteiger partial charge in [0.15, 0.2) is 5.69 Å². The van der Waals surface area contributed by atoms with Crippen LogP contribution in [0.4, 0.5) is 0 Å². The van der Waals surface area contributed by atoms with Gasteiger partial charge in [0, 0.05) is 39.1 Å². The Bertz CT molecular complexity index is 886. The number of nitrogens with one attached hydrogen (secondary N) is 1. The number of aromatic nitrogens is 5. The van der Waals surface area contributed by atoms with Gasteiger partial charge in [-0.25, -0.2) is 9.67 Å². The van der Waals surface area contributed by atoms with Crippen LogP contribution in [0.1, 0.15) is 27.9 Å². The minimum absolute atomic E-state index is 0.112. The predicted molar refractivity (Wildman–Crippen MR) is 95.4 cm³/mol. The average molecular weight is 351 g/mol. The fraction of sp³-hybridized carbons (Fsp3) is 0.333. The van der Waals surface area contributed by atoms with Crippen molar-refractivity contribution in [1.29, 1.82) is 0 Å². The summed E-state index contributed by atoms with van der Waals surface area (Å²) in [6, 6.07) is 9.87. The number of amides is 1. The van der Waals surface area contributed by atoms with Crippen LogP contribution in [0.3, 0.4) is 0 Å². The van der Waals surface area contributed by atoms with Crippen LogP contribution < -0.4 is 5.32 Å². The maximum Gasteiger partial charge on any atom is 0.276 e. The first kappa shape index (κ1) is 16.5. The van der Waals surface area contributed by atoms with Gasteiger partial charge in [-0.05, 0) is 5.56 Å². The van der Waals surface area contributed by atoms with Gasteiger partial charge in [-0.1, -0.05) is 35.5 Å². The van der Waals surface area contributed by atoms with Crippen molar-refractivity contribution < 1.29 is 4.79 Å². The first-order valence-electron chi connectivity index (χ1n) is 8.65. The summed E-state index contributed by atoms with van der Waals surface area (Å²) in [5, 5.41) is 11.6. The van der Waals surface area contributed by atoms with Crippen LogP contribution in [-0.4, -0.2) is 55.0 Å². The standard InChI is InChI=1S/C18H21N7O/c1-23-9-8-20-17(23)16-11-19-7-10-25(16)18(26)15-13-24(22-21-15)12-14-5-3-2-4-6-14/h2-6,8-9,13,16,19H,7,10-12H2,1H3. The first-order valence-corrected chi connectivity index (χ1v) is 8.65. The largest absolute Gasteiger partial charge is 0.336 e. The summed E-state index contributed by atoms with van der Waals surface area (Å²) in [7, 11) is 1.94. The molecule has 2 aromatic heterocycles. The lowest BCUT2D eigenvalue weighted by Crippen LogP contribution is -2.49. The molecule has 0 bridgehead atoms. The number of benzene rings is 1. The minimum atomic E-state index is -0.115. The molecule has 0 saturated carbocycles. The van der Waals surface area contributed by atoms with Gasteiger partial charge in [0.2, 0.25) is 0 Å². The van der Waals surface area contributed by atoms with Crippen LogP contribution in [-0.2, 0) is 13.6 Å². The Morgan fingerprint density at radius 1 is 1.31 bits per heavy atom. The summed E-state index contributed by atoms with van der Waals surface area (Å²) in [5.41, 5.74) is 1.48. The lowest BCUT2D eigenvalue weighted by atomic mass is 10.1. The Labute approximate surface area is 151 Å². The van der Waals surface area contributed by atoms with Crippen LogP contribution in [0.15, 0.2) is 48.9 Å². The topological polar surface area (TPSA) is 80.9 Å². The van der Waals surface area contributed by atoms with Gasteiger partial charge >= 0.3 is 0 Å². The molecule has 1 aliphatic rings. The Hall–Kier alpha value is -3.00. The zero-order valence-electron chi connectivity index (χ0n) is 14.6. The SMILES string of the molecule is Cn1ccnc1C1CNCCN1C(=O)c1cn(Cc2ccccc2)nn1. The van der Waals surface area contributed by atoms with E-state index in [4.69, 9.17) is 0 Å². The second kappa shape index (κ2) is 7.09. The van der Waals surface area contributed by atoms with Crippen molar-refractivity contribution in [2.24, 2.45) is 7.05 Å². The molecule has 1 amide bonds. The van der Waals surface area contributed by atoms with E-state index in [1.54, 1.807) is 17.1 Å². The molecule has 0 aliphatic carbocycles. The Kier molecular flexibility index (Phi) is 4.49. The molecule has 4 rings (SSSR count). The molecule has 3 heterocycles. The van der Waals surface area contributed by atoms with Crippen LogP contribution in [0.25, 0.3) is 0 Å². The molecule has 0 spiro atoms. The van der Waals surface area contributed by atoms with E-state index in [0.29, 0.717) is 25.3 Å². The lowest BCUT2D eigenvalue weighted by molar-refractivity contribution is 0.0614. The molecular formula is C18H21N7O. The van der Waals surface area contributed by atoms with Gasteiger partial charge in [0.25, 0.3) is 5.91 Å². The highest BCUT2D eigenvalue weighted by atomic mass is 16.2. The van der Waals surface area contributed by atoms with Crippen LogP contribution in [0.2, 0.25) is 0 Å². The summed E-state index contributed by atoms with van der Waals surface area (Å²) in [4.78, 5) is 19.3. The van der Waals surface area contributed by atoms with Crippen molar-refractivity contribution in [3.63, 3.8) is 0 Å². The third-order valence-corrected chi connectivity index (χ3v) is 4.61. The number of carbonyl (C=O) groups is 1. The molecule has 1 unspecified atom stereocenters. The van der Waals surface area contributed by atoms with Gasteiger partial charge in [0.05, 0.1) is 12.7 Å². The zero-order chi connectivity index (χ0) is 17.9. The average Bonchev–Trinajstić information content (AvgIpc) is 3.31. The summed E-state index contributed by atoms with van der Waals surface area (Å²) in [6.07, 6.45) is 5.36. The molecular weight excluding hydrogens is 330 g/mol. The van der Waals surface area contributed by atoms with E-state index in [1.807, 2.05) is 53.0 Å². The molecule has 1 aromatic carbocycles. The van der Waals surface area contributed by atoms with E-state index >= 15 is 0 Å². The van der Waals surface area contributed by atoms with Crippen molar-refractivity contribution in [2.45, 2.75) is 12.6 Å². The van der Waals surface area contributed by atoms with E-state index in [-0.39, 0.29) is 11.9 Å². The van der Waals surface area contributed by atoms with Gasteiger partial charge in [-0.15, -0.1) is 5.10 Å². The van der Waals surface area contributed by atoms with Gasteiger partial charge in [0.1, 0.15) is 11.9 Å². The van der Waals surface area contributed by atoms with Crippen molar-refractivity contribution in [1.82, 2.24) is 34.8 Å². The Balaban J connectivity index is 1.53. The predicted octanol–water partition coefficient (Wildman–Crippen LogP) is 0.847. The highest BCUT2D eigenvalue weighted by Crippen LogP contribution is 2.22. The molecule has 3 aromatic rings. The second-order valence-electron chi connectivity index (χ2n) is 6.40. The van der Waals surface area contributed by atoms with Gasteiger partial charge < -0.3 is 14.8 Å². The van der Waals surface area contributed by atoms with Gasteiger partial charge in [-0.2, -0.15) is 0 Å². The normalized spacial score (nSPS) is 17.4. The maximum absolute atomic E-state index is 13.0. The van der Waals surface area contributed by atoms with Crippen LogP contribution >= 0.6 is 0 Å². The highest BCUT2D eigenvalue weighted by molar-refractivity contribution is 5.92. The fourth-order valence-electron chi connectivity index (χ4n) is 3.27.